The molecule has 7 atom stereocenters. The van der Waals surface area contributed by atoms with Crippen molar-refractivity contribution < 1.29 is 39.8 Å². The van der Waals surface area contributed by atoms with Gasteiger partial charge in [-0.15, -0.1) is 0 Å². The summed E-state index contributed by atoms with van der Waals surface area (Å²) in [7, 11) is 0. The lowest BCUT2D eigenvalue weighted by Gasteiger charge is -2.40. The van der Waals surface area contributed by atoms with E-state index >= 15 is 0 Å². The Bertz CT molecular complexity index is 1820. The third-order valence-corrected chi connectivity index (χ3v) is 16.0. The van der Waals surface area contributed by atoms with Crippen molar-refractivity contribution in [3.8, 4) is 0 Å². The van der Waals surface area contributed by atoms with E-state index in [9.17, 15) is 30.3 Å². The summed E-state index contributed by atoms with van der Waals surface area (Å²) in [4.78, 5) is 13.1. The minimum Gasteiger partial charge on any atom is -0.394 e. The lowest BCUT2D eigenvalue weighted by atomic mass is 9.99. The van der Waals surface area contributed by atoms with Crippen LogP contribution in [0.15, 0.2) is 134 Å². The summed E-state index contributed by atoms with van der Waals surface area (Å²) in [6.45, 7) is 3.66. The first kappa shape index (κ1) is 80.3. The number of unbranched alkanes of at least 4 members (excludes halogenated alkanes) is 30. The molecule has 0 aliphatic carbocycles. The second-order valence-electron chi connectivity index (χ2n) is 23.9. The van der Waals surface area contributed by atoms with Crippen molar-refractivity contribution in [1.82, 2.24) is 5.32 Å². The van der Waals surface area contributed by atoms with Gasteiger partial charge in [-0.25, -0.2) is 0 Å². The van der Waals surface area contributed by atoms with Crippen LogP contribution in [0, 0.1) is 0 Å². The molecule has 492 valence electrons. The quantitative estimate of drug-likeness (QED) is 0.0261. The lowest BCUT2D eigenvalue weighted by Crippen LogP contribution is -2.60. The van der Waals surface area contributed by atoms with E-state index in [4.69, 9.17) is 9.47 Å². The normalized spacial score (nSPS) is 18.9. The zero-order chi connectivity index (χ0) is 62.1. The zero-order valence-corrected chi connectivity index (χ0v) is 55.0. The van der Waals surface area contributed by atoms with Gasteiger partial charge in [0.1, 0.15) is 24.4 Å². The van der Waals surface area contributed by atoms with E-state index in [2.05, 4.69) is 141 Å². The number of hydrogen-bond donors (Lipinski definition) is 6. The van der Waals surface area contributed by atoms with Gasteiger partial charge in [-0.1, -0.05) is 314 Å². The lowest BCUT2D eigenvalue weighted by molar-refractivity contribution is -0.302. The van der Waals surface area contributed by atoms with Crippen molar-refractivity contribution in [3.05, 3.63) is 134 Å². The summed E-state index contributed by atoms with van der Waals surface area (Å²) in [5.74, 6) is -0.201. The molecule has 9 heteroatoms. The average Bonchev–Trinajstić information content (AvgIpc) is 3.65. The molecule has 1 aliphatic heterocycles. The fourth-order valence-corrected chi connectivity index (χ4v) is 10.5. The van der Waals surface area contributed by atoms with E-state index < -0.39 is 49.5 Å². The molecule has 6 N–H and O–H groups in total. The smallest absolute Gasteiger partial charge is 0.220 e. The molecule has 1 amide bonds. The van der Waals surface area contributed by atoms with Gasteiger partial charge in [0.2, 0.25) is 5.91 Å². The molecule has 0 aromatic rings. The SMILES string of the molecule is CC/C=C\C/C=C\C/C=C\C/C=C\C/C=C\C/C=C\C/C=C\C/C=C\C/C=C\CCCCCCCCCC(=O)NC(COC1OC(CO)C(O)C(O)C1O)C(O)/C=C/CC/C=C/CCCCCCCCCCCCCCCCCCCCCCCC. The zero-order valence-electron chi connectivity index (χ0n) is 55.0. The largest absolute Gasteiger partial charge is 0.394 e. The number of amides is 1. The number of hydrogen-bond acceptors (Lipinski definition) is 8. The Balaban J connectivity index is 2.20. The Kier molecular flexibility index (Phi) is 60.1. The van der Waals surface area contributed by atoms with Gasteiger partial charge in [-0.2, -0.15) is 0 Å². The van der Waals surface area contributed by atoms with E-state index in [0.29, 0.717) is 6.42 Å². The molecule has 0 aromatic carbocycles. The number of carbonyl (C=O) groups excluding carboxylic acids is 1. The van der Waals surface area contributed by atoms with Gasteiger partial charge in [0.25, 0.3) is 0 Å². The Hall–Kier alpha value is -3.67. The van der Waals surface area contributed by atoms with Gasteiger partial charge in [-0.05, 0) is 103 Å². The molecular weight excluding hydrogens is 1070 g/mol. The highest BCUT2D eigenvalue weighted by Crippen LogP contribution is 2.23. The maximum absolute atomic E-state index is 13.1. The Morgan fingerprint density at radius 1 is 0.407 bits per heavy atom. The van der Waals surface area contributed by atoms with E-state index in [-0.39, 0.29) is 12.5 Å². The van der Waals surface area contributed by atoms with Crippen molar-refractivity contribution in [2.75, 3.05) is 13.2 Å². The standard InChI is InChI=1S/C77H131NO8/c1-3-5-7-9-11-13-15-17-19-21-23-25-27-29-31-33-34-35-36-37-38-39-41-43-45-47-49-51-53-55-57-59-61-63-65-67-73(81)78-70(69-85-77-76(84)75(83)74(82)72(68-79)86-77)71(80)66-64-62-60-58-56-54-52-50-48-46-44-42-40-32-30-28-26-24-22-20-18-16-14-12-10-8-6-4-2/h5,7,11,13,17,19,23,25,29,31,34-35,37-38,41,43,47,49,56,58,64,66,70-72,74-77,79-80,82-84H,3-4,6,8-10,12,14-16,18,20-22,24,26-28,30,32-33,36,39-40,42,44-46,48,50-55,57,59-63,65,67-69H2,1-2H3,(H,78,81)/b7-5-,13-11-,19-17-,25-23-,31-29-,35-34-,38-37-,43-41-,49-47-,58-56+,66-64+. The number of aliphatic hydroxyl groups excluding tert-OH is 5. The van der Waals surface area contributed by atoms with Crippen LogP contribution in [0.3, 0.4) is 0 Å². The van der Waals surface area contributed by atoms with Crippen molar-refractivity contribution in [2.45, 2.75) is 333 Å². The molecule has 0 bridgehead atoms. The van der Waals surface area contributed by atoms with Crippen LogP contribution < -0.4 is 5.32 Å². The first-order valence-electron chi connectivity index (χ1n) is 35.4. The van der Waals surface area contributed by atoms with E-state index in [1.807, 2.05) is 6.08 Å². The van der Waals surface area contributed by atoms with Crippen LogP contribution in [0.5, 0.6) is 0 Å². The molecule has 1 heterocycles. The molecule has 0 aromatic heterocycles. The van der Waals surface area contributed by atoms with Crippen molar-refractivity contribution in [1.29, 1.82) is 0 Å². The van der Waals surface area contributed by atoms with Gasteiger partial charge < -0.3 is 40.3 Å². The summed E-state index contributed by atoms with van der Waals surface area (Å²) in [6, 6.07) is -0.840. The first-order valence-corrected chi connectivity index (χ1v) is 35.4. The van der Waals surface area contributed by atoms with Crippen molar-refractivity contribution in [2.24, 2.45) is 0 Å². The van der Waals surface area contributed by atoms with Crippen LogP contribution in [-0.4, -0.2) is 87.5 Å². The number of nitrogens with one attached hydrogen (secondary N) is 1. The van der Waals surface area contributed by atoms with Gasteiger partial charge in [0, 0.05) is 6.42 Å². The summed E-state index contributed by atoms with van der Waals surface area (Å²) in [5, 5.41) is 54.7. The summed E-state index contributed by atoms with van der Waals surface area (Å²) in [6.07, 6.45) is 91.2. The molecular formula is C77H131NO8. The summed E-state index contributed by atoms with van der Waals surface area (Å²) >= 11 is 0. The van der Waals surface area contributed by atoms with Gasteiger partial charge in [0.15, 0.2) is 6.29 Å². The first-order chi connectivity index (χ1) is 42.3. The minimum absolute atomic E-state index is 0.201. The van der Waals surface area contributed by atoms with E-state index in [0.717, 1.165) is 109 Å². The van der Waals surface area contributed by atoms with Gasteiger partial charge in [-0.3, -0.25) is 4.79 Å². The average molecular weight is 1200 g/mol. The maximum atomic E-state index is 13.1. The van der Waals surface area contributed by atoms with Crippen LogP contribution in [0.25, 0.3) is 0 Å². The molecule has 9 nitrogen and oxygen atoms in total. The number of carbonyl (C=O) groups is 1. The monoisotopic (exact) mass is 1200 g/mol. The van der Waals surface area contributed by atoms with Crippen LogP contribution >= 0.6 is 0 Å². The molecule has 86 heavy (non-hydrogen) atoms. The van der Waals surface area contributed by atoms with Crippen LogP contribution in [-0.2, 0) is 14.3 Å². The van der Waals surface area contributed by atoms with E-state index in [1.54, 1.807) is 6.08 Å². The Morgan fingerprint density at radius 3 is 1.12 bits per heavy atom. The topological polar surface area (TPSA) is 149 Å². The van der Waals surface area contributed by atoms with Crippen LogP contribution in [0.1, 0.15) is 290 Å². The molecule has 7 unspecified atom stereocenters. The highest BCUT2D eigenvalue weighted by molar-refractivity contribution is 5.76. The predicted octanol–water partition coefficient (Wildman–Crippen LogP) is 19.6. The van der Waals surface area contributed by atoms with Crippen molar-refractivity contribution in [3.63, 3.8) is 0 Å². The minimum atomic E-state index is -1.58. The second kappa shape index (κ2) is 64.3. The number of aliphatic hydroxyl groups is 5. The molecule has 0 spiro atoms. The predicted molar refractivity (Wildman–Crippen MR) is 368 cm³/mol. The fourth-order valence-electron chi connectivity index (χ4n) is 10.5. The highest BCUT2D eigenvalue weighted by atomic mass is 16.7. The van der Waals surface area contributed by atoms with Crippen LogP contribution in [0.4, 0.5) is 0 Å². The molecule has 0 radical (unpaired) electrons. The Labute approximate surface area is 528 Å². The molecule has 1 saturated heterocycles. The summed E-state index contributed by atoms with van der Waals surface area (Å²) in [5.41, 5.74) is 0. The van der Waals surface area contributed by atoms with Crippen molar-refractivity contribution >= 4 is 5.91 Å². The number of allylic oxidation sites excluding steroid dienone is 21. The molecule has 1 rings (SSSR count). The third kappa shape index (κ3) is 52.3. The number of rotatable bonds is 60. The molecule has 0 saturated carbocycles. The summed E-state index contributed by atoms with van der Waals surface area (Å²) < 4.78 is 11.3. The second-order valence-corrected chi connectivity index (χ2v) is 23.9. The highest BCUT2D eigenvalue weighted by Gasteiger charge is 2.44. The fraction of sp³-hybridized carbons (Fsp3) is 0.701. The molecule has 1 fully saturated rings. The van der Waals surface area contributed by atoms with Gasteiger partial charge in [0.05, 0.1) is 25.4 Å². The van der Waals surface area contributed by atoms with Crippen LogP contribution in [0.2, 0.25) is 0 Å². The maximum Gasteiger partial charge on any atom is 0.220 e. The third-order valence-electron chi connectivity index (χ3n) is 16.0. The number of ether oxygens (including phenoxy) is 2. The molecule has 1 aliphatic rings. The van der Waals surface area contributed by atoms with Gasteiger partial charge >= 0.3 is 0 Å². The Morgan fingerprint density at radius 2 is 0.733 bits per heavy atom. The van der Waals surface area contributed by atoms with E-state index in [1.165, 1.54) is 161 Å².